The quantitative estimate of drug-likeness (QED) is 0.840. The van der Waals surface area contributed by atoms with Gasteiger partial charge >= 0.3 is 0 Å². The number of carbonyl (C=O) groups excluding carboxylic acids is 1. The molecule has 2 aromatic heterocycles. The van der Waals surface area contributed by atoms with Gasteiger partial charge < -0.3 is 4.90 Å². The molecule has 0 spiro atoms. The van der Waals surface area contributed by atoms with Gasteiger partial charge in [0, 0.05) is 42.9 Å². The standard InChI is InChI=1S/C16H17N3O/c1-12-3-2-8-19(12)16(20)15-9-14(10-18-11-15)13-4-6-17-7-5-13/h4-7,9-12H,2-3,8H2,1H3. The molecule has 0 saturated carbocycles. The van der Waals surface area contributed by atoms with Crippen molar-refractivity contribution in [2.45, 2.75) is 25.8 Å². The van der Waals surface area contributed by atoms with Crippen molar-refractivity contribution < 1.29 is 4.79 Å². The van der Waals surface area contributed by atoms with E-state index in [1.165, 1.54) is 0 Å². The van der Waals surface area contributed by atoms with Crippen LogP contribution < -0.4 is 0 Å². The molecule has 1 atom stereocenters. The number of amides is 1. The zero-order valence-electron chi connectivity index (χ0n) is 11.5. The van der Waals surface area contributed by atoms with Crippen LogP contribution in [-0.4, -0.2) is 33.4 Å². The molecule has 1 saturated heterocycles. The maximum atomic E-state index is 12.5. The minimum absolute atomic E-state index is 0.0819. The van der Waals surface area contributed by atoms with E-state index in [9.17, 15) is 4.79 Å². The minimum Gasteiger partial charge on any atom is -0.336 e. The topological polar surface area (TPSA) is 46.1 Å². The van der Waals surface area contributed by atoms with Crippen LogP contribution in [0.3, 0.4) is 0 Å². The highest BCUT2D eigenvalue weighted by atomic mass is 16.2. The number of carbonyl (C=O) groups is 1. The van der Waals surface area contributed by atoms with Crippen LogP contribution in [0.25, 0.3) is 11.1 Å². The average molecular weight is 267 g/mol. The molecule has 3 rings (SSSR count). The normalized spacial score (nSPS) is 18.2. The van der Waals surface area contributed by atoms with E-state index in [4.69, 9.17) is 0 Å². The van der Waals surface area contributed by atoms with E-state index in [2.05, 4.69) is 16.9 Å². The minimum atomic E-state index is 0.0819. The predicted octanol–water partition coefficient (Wildman–Crippen LogP) is 2.77. The van der Waals surface area contributed by atoms with E-state index in [0.29, 0.717) is 11.6 Å². The summed E-state index contributed by atoms with van der Waals surface area (Å²) in [5, 5.41) is 0. The van der Waals surface area contributed by atoms with Gasteiger partial charge in [-0.2, -0.15) is 0 Å². The summed E-state index contributed by atoms with van der Waals surface area (Å²) < 4.78 is 0. The Morgan fingerprint density at radius 3 is 2.70 bits per heavy atom. The Morgan fingerprint density at radius 1 is 1.20 bits per heavy atom. The van der Waals surface area contributed by atoms with E-state index < -0.39 is 0 Å². The van der Waals surface area contributed by atoms with Crippen molar-refractivity contribution in [2.24, 2.45) is 0 Å². The van der Waals surface area contributed by atoms with Gasteiger partial charge in [-0.25, -0.2) is 0 Å². The Labute approximate surface area is 118 Å². The highest BCUT2D eigenvalue weighted by Gasteiger charge is 2.26. The van der Waals surface area contributed by atoms with Gasteiger partial charge in [0.05, 0.1) is 5.56 Å². The Hall–Kier alpha value is -2.23. The maximum absolute atomic E-state index is 12.5. The first kappa shape index (κ1) is 12.8. The SMILES string of the molecule is CC1CCCN1C(=O)c1cncc(-c2ccncc2)c1. The largest absolute Gasteiger partial charge is 0.336 e. The van der Waals surface area contributed by atoms with Crippen LogP contribution in [0.5, 0.6) is 0 Å². The molecule has 0 aromatic carbocycles. The van der Waals surface area contributed by atoms with Crippen LogP contribution in [0.2, 0.25) is 0 Å². The molecule has 1 fully saturated rings. The second-order valence-corrected chi connectivity index (χ2v) is 5.19. The van der Waals surface area contributed by atoms with Gasteiger partial charge in [-0.05, 0) is 43.5 Å². The van der Waals surface area contributed by atoms with E-state index >= 15 is 0 Å². The molecule has 1 amide bonds. The smallest absolute Gasteiger partial charge is 0.255 e. The van der Waals surface area contributed by atoms with Gasteiger partial charge in [-0.15, -0.1) is 0 Å². The van der Waals surface area contributed by atoms with Crippen molar-refractivity contribution in [3.8, 4) is 11.1 Å². The summed E-state index contributed by atoms with van der Waals surface area (Å²) in [5.41, 5.74) is 2.63. The third kappa shape index (κ3) is 2.41. The van der Waals surface area contributed by atoms with Crippen molar-refractivity contribution in [3.05, 3.63) is 48.5 Å². The van der Waals surface area contributed by atoms with Gasteiger partial charge in [0.1, 0.15) is 0 Å². The Balaban J connectivity index is 1.90. The summed E-state index contributed by atoms with van der Waals surface area (Å²) in [6.07, 6.45) is 9.09. The molecule has 102 valence electrons. The number of hydrogen-bond donors (Lipinski definition) is 0. The predicted molar refractivity (Wildman–Crippen MR) is 77.2 cm³/mol. The zero-order chi connectivity index (χ0) is 13.9. The second kappa shape index (κ2) is 5.41. The van der Waals surface area contributed by atoms with Gasteiger partial charge in [0.25, 0.3) is 5.91 Å². The van der Waals surface area contributed by atoms with Crippen LogP contribution in [-0.2, 0) is 0 Å². The molecule has 0 bridgehead atoms. The summed E-state index contributed by atoms with van der Waals surface area (Å²) in [5.74, 6) is 0.0819. The molecule has 0 N–H and O–H groups in total. The monoisotopic (exact) mass is 267 g/mol. The van der Waals surface area contributed by atoms with Crippen LogP contribution in [0, 0.1) is 0 Å². The highest BCUT2D eigenvalue weighted by molar-refractivity contribution is 5.95. The number of hydrogen-bond acceptors (Lipinski definition) is 3. The van der Waals surface area contributed by atoms with E-state index in [1.807, 2.05) is 23.1 Å². The number of likely N-dealkylation sites (tertiary alicyclic amines) is 1. The summed E-state index contributed by atoms with van der Waals surface area (Å²) in [6.45, 7) is 2.95. The average Bonchev–Trinajstić information content (AvgIpc) is 2.94. The lowest BCUT2D eigenvalue weighted by molar-refractivity contribution is 0.0747. The first-order valence-corrected chi connectivity index (χ1v) is 6.92. The van der Waals surface area contributed by atoms with Crippen molar-refractivity contribution in [2.75, 3.05) is 6.54 Å². The van der Waals surface area contributed by atoms with Gasteiger partial charge in [-0.1, -0.05) is 0 Å². The van der Waals surface area contributed by atoms with Crippen LogP contribution in [0.4, 0.5) is 0 Å². The number of rotatable bonds is 2. The summed E-state index contributed by atoms with van der Waals surface area (Å²) >= 11 is 0. The van der Waals surface area contributed by atoms with E-state index in [1.54, 1.807) is 24.8 Å². The fourth-order valence-electron chi connectivity index (χ4n) is 2.66. The fourth-order valence-corrected chi connectivity index (χ4v) is 2.66. The Bertz CT molecular complexity index is 612. The lowest BCUT2D eigenvalue weighted by Gasteiger charge is -2.21. The lowest BCUT2D eigenvalue weighted by atomic mass is 10.1. The van der Waals surface area contributed by atoms with Crippen molar-refractivity contribution in [1.29, 1.82) is 0 Å². The molecule has 4 nitrogen and oxygen atoms in total. The number of pyridine rings is 2. The lowest BCUT2D eigenvalue weighted by Crippen LogP contribution is -2.33. The fraction of sp³-hybridized carbons (Fsp3) is 0.312. The van der Waals surface area contributed by atoms with Gasteiger partial charge in [0.2, 0.25) is 0 Å². The van der Waals surface area contributed by atoms with E-state index in [-0.39, 0.29) is 5.91 Å². The summed E-state index contributed by atoms with van der Waals surface area (Å²) in [4.78, 5) is 22.7. The molecule has 1 unspecified atom stereocenters. The third-order valence-electron chi connectivity index (χ3n) is 3.81. The molecular weight excluding hydrogens is 250 g/mol. The van der Waals surface area contributed by atoms with Gasteiger partial charge in [-0.3, -0.25) is 14.8 Å². The van der Waals surface area contributed by atoms with Crippen LogP contribution >= 0.6 is 0 Å². The molecule has 3 heterocycles. The third-order valence-corrected chi connectivity index (χ3v) is 3.81. The molecule has 20 heavy (non-hydrogen) atoms. The number of nitrogens with zero attached hydrogens (tertiary/aromatic N) is 3. The molecule has 4 heteroatoms. The van der Waals surface area contributed by atoms with Gasteiger partial charge in [0.15, 0.2) is 0 Å². The summed E-state index contributed by atoms with van der Waals surface area (Å²) in [6, 6.07) is 6.08. The van der Waals surface area contributed by atoms with Crippen molar-refractivity contribution in [3.63, 3.8) is 0 Å². The highest BCUT2D eigenvalue weighted by Crippen LogP contribution is 2.22. The molecule has 2 aromatic rings. The van der Waals surface area contributed by atoms with Crippen molar-refractivity contribution >= 4 is 5.91 Å². The Morgan fingerprint density at radius 2 is 2.00 bits per heavy atom. The second-order valence-electron chi connectivity index (χ2n) is 5.19. The van der Waals surface area contributed by atoms with Crippen molar-refractivity contribution in [1.82, 2.24) is 14.9 Å². The van der Waals surface area contributed by atoms with Crippen LogP contribution in [0.15, 0.2) is 43.0 Å². The molecule has 0 radical (unpaired) electrons. The van der Waals surface area contributed by atoms with Crippen LogP contribution in [0.1, 0.15) is 30.1 Å². The maximum Gasteiger partial charge on any atom is 0.255 e. The van der Waals surface area contributed by atoms with E-state index in [0.717, 1.165) is 30.5 Å². The molecule has 1 aliphatic rings. The molecule has 0 aliphatic carbocycles. The first-order valence-electron chi connectivity index (χ1n) is 6.92. The number of aromatic nitrogens is 2. The summed E-state index contributed by atoms with van der Waals surface area (Å²) in [7, 11) is 0. The molecular formula is C16H17N3O. The zero-order valence-corrected chi connectivity index (χ0v) is 11.5. The molecule has 1 aliphatic heterocycles. The first-order chi connectivity index (χ1) is 9.75. The Kier molecular flexibility index (Phi) is 3.46.